The Morgan fingerprint density at radius 3 is 2.47 bits per heavy atom. The Labute approximate surface area is 124 Å². The van der Waals surface area contributed by atoms with Crippen molar-refractivity contribution in [2.75, 3.05) is 7.11 Å². The van der Waals surface area contributed by atoms with Crippen molar-refractivity contribution >= 4 is 46.0 Å². The molecule has 0 aliphatic rings. The first kappa shape index (κ1) is 13.1. The highest BCUT2D eigenvalue weighted by molar-refractivity contribution is 14.1. The highest BCUT2D eigenvalue weighted by atomic mass is 127. The van der Waals surface area contributed by atoms with Gasteiger partial charge in [0.15, 0.2) is 0 Å². The third-order valence-electron chi connectivity index (χ3n) is 2.17. The average molecular weight is 377 g/mol. The van der Waals surface area contributed by atoms with Gasteiger partial charge in [0, 0.05) is 13.5 Å². The summed E-state index contributed by atoms with van der Waals surface area (Å²) in [6.07, 6.45) is 0. The van der Waals surface area contributed by atoms with Crippen LogP contribution in [0.25, 0.3) is 0 Å². The van der Waals surface area contributed by atoms with E-state index >= 15 is 0 Å². The van der Waals surface area contributed by atoms with Crippen LogP contribution in [0.5, 0.6) is 5.75 Å². The lowest BCUT2D eigenvalue weighted by Gasteiger charge is -2.08. The third-order valence-corrected chi connectivity index (χ3v) is 4.19. The molecule has 17 heavy (non-hydrogen) atoms. The predicted octanol–water partition coefficient (Wildman–Crippen LogP) is 5.10. The summed E-state index contributed by atoms with van der Waals surface area (Å²) in [6, 6.07) is 14.1. The average Bonchev–Trinajstić information content (AvgIpc) is 2.34. The van der Waals surface area contributed by atoms with E-state index in [2.05, 4.69) is 46.9 Å². The van der Waals surface area contributed by atoms with Crippen LogP contribution >= 0.6 is 46.0 Å². The third kappa shape index (κ3) is 3.53. The molecule has 2 aromatic rings. The molecular formula is C13H10ClIOS. The van der Waals surface area contributed by atoms with Gasteiger partial charge in [-0.25, -0.2) is 0 Å². The van der Waals surface area contributed by atoms with Gasteiger partial charge in [-0.1, -0.05) is 23.4 Å². The summed E-state index contributed by atoms with van der Waals surface area (Å²) in [7, 11) is 1.66. The van der Waals surface area contributed by atoms with E-state index in [0.29, 0.717) is 5.02 Å². The Morgan fingerprint density at radius 2 is 1.82 bits per heavy atom. The van der Waals surface area contributed by atoms with Crippen molar-refractivity contribution < 1.29 is 4.74 Å². The fourth-order valence-corrected chi connectivity index (χ4v) is 2.78. The van der Waals surface area contributed by atoms with Crippen molar-refractivity contribution in [3.63, 3.8) is 0 Å². The van der Waals surface area contributed by atoms with Crippen LogP contribution in [0.4, 0.5) is 0 Å². The molecule has 1 nitrogen and oxygen atoms in total. The monoisotopic (exact) mass is 376 g/mol. The predicted molar refractivity (Wildman–Crippen MR) is 81.3 cm³/mol. The molecule has 0 aromatic heterocycles. The fraction of sp³-hybridized carbons (Fsp3) is 0.0769. The van der Waals surface area contributed by atoms with Gasteiger partial charge in [-0.3, -0.25) is 0 Å². The Kier molecular flexibility index (Phi) is 4.59. The normalized spacial score (nSPS) is 10.3. The van der Waals surface area contributed by atoms with Crippen molar-refractivity contribution in [3.8, 4) is 5.75 Å². The van der Waals surface area contributed by atoms with Crippen molar-refractivity contribution in [1.29, 1.82) is 0 Å². The van der Waals surface area contributed by atoms with Gasteiger partial charge >= 0.3 is 0 Å². The summed E-state index contributed by atoms with van der Waals surface area (Å²) in [6.45, 7) is 0. The number of rotatable bonds is 3. The van der Waals surface area contributed by atoms with Crippen molar-refractivity contribution in [3.05, 3.63) is 51.1 Å². The molecule has 2 aromatic carbocycles. The number of hydrogen-bond acceptors (Lipinski definition) is 2. The maximum absolute atomic E-state index is 5.93. The van der Waals surface area contributed by atoms with Gasteiger partial charge in [-0.05, 0) is 65.1 Å². The topological polar surface area (TPSA) is 9.23 Å². The highest BCUT2D eigenvalue weighted by Gasteiger charge is 2.05. The van der Waals surface area contributed by atoms with E-state index in [1.807, 2.05) is 18.2 Å². The second kappa shape index (κ2) is 5.98. The largest absolute Gasteiger partial charge is 0.496 e. The Morgan fingerprint density at radius 1 is 1.12 bits per heavy atom. The maximum atomic E-state index is 5.93. The van der Waals surface area contributed by atoms with Gasteiger partial charge in [0.25, 0.3) is 0 Å². The smallest absolute Gasteiger partial charge is 0.134 e. The molecule has 0 unspecified atom stereocenters. The number of ether oxygens (including phenoxy) is 1. The molecule has 0 heterocycles. The van der Waals surface area contributed by atoms with Gasteiger partial charge < -0.3 is 4.74 Å². The zero-order chi connectivity index (χ0) is 12.3. The standard InChI is InChI=1S/C13H10ClIOS/c1-16-12-8-9(14)2-7-13(12)17-11-5-3-10(15)4-6-11/h2-8H,1H3. The molecule has 0 radical (unpaired) electrons. The maximum Gasteiger partial charge on any atom is 0.134 e. The van der Waals surface area contributed by atoms with Gasteiger partial charge in [0.2, 0.25) is 0 Å². The number of halogens is 2. The minimum Gasteiger partial charge on any atom is -0.496 e. The van der Waals surface area contributed by atoms with Crippen LogP contribution in [0.1, 0.15) is 0 Å². The quantitative estimate of drug-likeness (QED) is 0.689. The summed E-state index contributed by atoms with van der Waals surface area (Å²) in [4.78, 5) is 2.25. The van der Waals surface area contributed by atoms with Crippen LogP contribution < -0.4 is 4.74 Å². The zero-order valence-corrected chi connectivity index (χ0v) is 12.8. The first-order valence-corrected chi connectivity index (χ1v) is 7.23. The van der Waals surface area contributed by atoms with Crippen LogP contribution in [-0.2, 0) is 0 Å². The second-order valence-electron chi connectivity index (χ2n) is 3.35. The fourth-order valence-electron chi connectivity index (χ4n) is 1.36. The highest BCUT2D eigenvalue weighted by Crippen LogP contribution is 2.36. The minimum atomic E-state index is 0.689. The van der Waals surface area contributed by atoms with Crippen molar-refractivity contribution in [2.45, 2.75) is 9.79 Å². The van der Waals surface area contributed by atoms with E-state index in [4.69, 9.17) is 16.3 Å². The molecule has 0 bridgehead atoms. The van der Waals surface area contributed by atoms with Crippen LogP contribution in [0.15, 0.2) is 52.3 Å². The second-order valence-corrected chi connectivity index (χ2v) is 6.15. The summed E-state index contributed by atoms with van der Waals surface area (Å²) in [5, 5.41) is 0.689. The molecule has 4 heteroatoms. The Balaban J connectivity index is 2.26. The van der Waals surface area contributed by atoms with Crippen molar-refractivity contribution in [1.82, 2.24) is 0 Å². The van der Waals surface area contributed by atoms with E-state index in [1.54, 1.807) is 18.9 Å². The molecule has 0 atom stereocenters. The van der Waals surface area contributed by atoms with Gasteiger partial charge in [-0.2, -0.15) is 0 Å². The van der Waals surface area contributed by atoms with E-state index in [9.17, 15) is 0 Å². The first-order chi connectivity index (χ1) is 8.19. The van der Waals surface area contributed by atoms with E-state index < -0.39 is 0 Å². The van der Waals surface area contributed by atoms with Crippen LogP contribution in [0.2, 0.25) is 5.02 Å². The zero-order valence-electron chi connectivity index (χ0n) is 9.11. The lowest BCUT2D eigenvalue weighted by atomic mass is 10.3. The van der Waals surface area contributed by atoms with Gasteiger partial charge in [-0.15, -0.1) is 0 Å². The van der Waals surface area contributed by atoms with Crippen LogP contribution in [0, 0.1) is 3.57 Å². The number of hydrogen-bond donors (Lipinski definition) is 0. The van der Waals surface area contributed by atoms with E-state index in [1.165, 1.54) is 8.47 Å². The summed E-state index contributed by atoms with van der Waals surface area (Å²) >= 11 is 9.89. The molecule has 0 aliphatic heterocycles. The molecule has 0 aliphatic carbocycles. The molecule has 88 valence electrons. The van der Waals surface area contributed by atoms with Crippen LogP contribution in [-0.4, -0.2) is 7.11 Å². The van der Waals surface area contributed by atoms with Gasteiger partial charge in [0.05, 0.1) is 12.0 Å². The minimum absolute atomic E-state index is 0.689. The number of benzene rings is 2. The lowest BCUT2D eigenvalue weighted by Crippen LogP contribution is -1.86. The molecule has 0 spiro atoms. The first-order valence-electron chi connectivity index (χ1n) is 4.96. The molecule has 0 fully saturated rings. The molecule has 0 saturated carbocycles. The molecular weight excluding hydrogens is 367 g/mol. The molecule has 0 saturated heterocycles. The van der Waals surface area contributed by atoms with Crippen molar-refractivity contribution in [2.24, 2.45) is 0 Å². The lowest BCUT2D eigenvalue weighted by molar-refractivity contribution is 0.405. The van der Waals surface area contributed by atoms with E-state index in [-0.39, 0.29) is 0 Å². The molecule has 0 N–H and O–H groups in total. The summed E-state index contributed by atoms with van der Waals surface area (Å²) < 4.78 is 6.55. The van der Waals surface area contributed by atoms with Crippen LogP contribution in [0.3, 0.4) is 0 Å². The summed E-state index contributed by atoms with van der Waals surface area (Å²) in [5.41, 5.74) is 0. The summed E-state index contributed by atoms with van der Waals surface area (Å²) in [5.74, 6) is 0.807. The number of methoxy groups -OCH3 is 1. The van der Waals surface area contributed by atoms with Gasteiger partial charge in [0.1, 0.15) is 5.75 Å². The molecule has 2 rings (SSSR count). The molecule has 0 amide bonds. The Hall–Kier alpha value is -0.390. The Bertz CT molecular complexity index is 513. The van der Waals surface area contributed by atoms with E-state index in [0.717, 1.165) is 10.6 Å². The SMILES string of the molecule is COc1cc(Cl)ccc1Sc1ccc(I)cc1.